The van der Waals surface area contributed by atoms with Crippen LogP contribution in [0.15, 0.2) is 36.8 Å². The Morgan fingerprint density at radius 2 is 2.11 bits per heavy atom. The highest BCUT2D eigenvalue weighted by Crippen LogP contribution is 2.25. The summed E-state index contributed by atoms with van der Waals surface area (Å²) in [5.41, 5.74) is 0.905. The van der Waals surface area contributed by atoms with Gasteiger partial charge in [-0.25, -0.2) is 9.97 Å². The summed E-state index contributed by atoms with van der Waals surface area (Å²) in [6.07, 6.45) is 3.20. The first-order chi connectivity index (χ1) is 8.83. The summed E-state index contributed by atoms with van der Waals surface area (Å²) in [4.78, 5) is 8.12. The minimum absolute atomic E-state index is 0.549. The van der Waals surface area contributed by atoms with Crippen molar-refractivity contribution in [1.29, 1.82) is 0 Å². The average molecular weight is 245 g/mol. The van der Waals surface area contributed by atoms with E-state index < -0.39 is 0 Å². The average Bonchev–Trinajstić information content (AvgIpc) is 2.41. The molecule has 0 aliphatic heterocycles. The van der Waals surface area contributed by atoms with Crippen LogP contribution in [0.25, 0.3) is 0 Å². The van der Waals surface area contributed by atoms with Gasteiger partial charge in [-0.15, -0.1) is 0 Å². The first kappa shape index (κ1) is 12.3. The van der Waals surface area contributed by atoms with Gasteiger partial charge in [0.1, 0.15) is 17.8 Å². The lowest BCUT2D eigenvalue weighted by Crippen LogP contribution is -2.07. The van der Waals surface area contributed by atoms with Crippen molar-refractivity contribution in [2.75, 3.05) is 14.2 Å². The van der Waals surface area contributed by atoms with Crippen molar-refractivity contribution in [2.24, 2.45) is 0 Å². The Hall–Kier alpha value is -2.14. The van der Waals surface area contributed by atoms with Gasteiger partial charge in [-0.05, 0) is 19.2 Å². The van der Waals surface area contributed by atoms with E-state index in [1.54, 1.807) is 13.3 Å². The lowest BCUT2D eigenvalue weighted by molar-refractivity contribution is 0.406. The predicted molar refractivity (Wildman–Crippen MR) is 67.9 cm³/mol. The van der Waals surface area contributed by atoms with E-state index in [-0.39, 0.29) is 0 Å². The molecule has 0 spiro atoms. The van der Waals surface area contributed by atoms with E-state index in [9.17, 15) is 0 Å². The molecule has 1 N–H and O–H groups in total. The third-order valence-corrected chi connectivity index (χ3v) is 2.37. The van der Waals surface area contributed by atoms with Crippen molar-refractivity contribution in [3.8, 4) is 17.4 Å². The van der Waals surface area contributed by atoms with Crippen LogP contribution in [-0.2, 0) is 6.54 Å². The van der Waals surface area contributed by atoms with Crippen LogP contribution in [0.1, 0.15) is 5.56 Å². The van der Waals surface area contributed by atoms with Gasteiger partial charge < -0.3 is 14.8 Å². The third kappa shape index (κ3) is 2.95. The van der Waals surface area contributed by atoms with Crippen LogP contribution < -0.4 is 14.8 Å². The van der Waals surface area contributed by atoms with E-state index in [4.69, 9.17) is 9.47 Å². The van der Waals surface area contributed by atoms with Gasteiger partial charge in [0.15, 0.2) is 0 Å². The fraction of sp³-hybridized carbons (Fsp3) is 0.231. The Morgan fingerprint density at radius 1 is 1.28 bits per heavy atom. The number of nitrogens with one attached hydrogen (secondary N) is 1. The lowest BCUT2D eigenvalue weighted by Gasteiger charge is -2.09. The summed E-state index contributed by atoms with van der Waals surface area (Å²) in [7, 11) is 3.48. The highest BCUT2D eigenvalue weighted by Gasteiger charge is 2.06. The molecule has 0 saturated heterocycles. The highest BCUT2D eigenvalue weighted by atomic mass is 16.5. The van der Waals surface area contributed by atoms with Crippen molar-refractivity contribution in [1.82, 2.24) is 15.3 Å². The molecule has 2 rings (SSSR count). The monoisotopic (exact) mass is 245 g/mol. The summed E-state index contributed by atoms with van der Waals surface area (Å²) >= 11 is 0. The molecule has 0 aliphatic rings. The number of ether oxygens (including phenoxy) is 2. The smallest absolute Gasteiger partial charge is 0.226 e. The maximum absolute atomic E-state index is 5.73. The number of rotatable bonds is 5. The minimum Gasteiger partial charge on any atom is -0.497 e. The van der Waals surface area contributed by atoms with Crippen LogP contribution in [0, 0.1) is 0 Å². The van der Waals surface area contributed by atoms with E-state index >= 15 is 0 Å². The Labute approximate surface area is 106 Å². The molecular formula is C13H15N3O2. The second-order valence-corrected chi connectivity index (χ2v) is 3.66. The molecule has 0 fully saturated rings. The fourth-order valence-electron chi connectivity index (χ4n) is 1.53. The molecule has 0 amide bonds. The van der Waals surface area contributed by atoms with E-state index in [0.29, 0.717) is 18.2 Å². The molecule has 2 aromatic rings. The molecule has 1 aromatic heterocycles. The van der Waals surface area contributed by atoms with E-state index in [0.717, 1.165) is 11.3 Å². The molecule has 1 aromatic carbocycles. The van der Waals surface area contributed by atoms with Crippen LogP contribution in [0.5, 0.6) is 17.4 Å². The minimum atomic E-state index is 0.549. The zero-order chi connectivity index (χ0) is 12.8. The second-order valence-electron chi connectivity index (χ2n) is 3.66. The molecule has 0 atom stereocenters. The number of methoxy groups -OCH3 is 1. The van der Waals surface area contributed by atoms with Gasteiger partial charge in [-0.3, -0.25) is 0 Å². The normalized spacial score (nSPS) is 10.1. The van der Waals surface area contributed by atoms with Gasteiger partial charge in [0, 0.05) is 24.4 Å². The van der Waals surface area contributed by atoms with Gasteiger partial charge in [-0.2, -0.15) is 0 Å². The molecule has 5 heteroatoms. The molecule has 18 heavy (non-hydrogen) atoms. The van der Waals surface area contributed by atoms with Crippen LogP contribution in [0.2, 0.25) is 0 Å². The summed E-state index contributed by atoms with van der Waals surface area (Å²) in [5.74, 6) is 1.98. The first-order valence-electron chi connectivity index (χ1n) is 5.59. The molecule has 5 nitrogen and oxygen atoms in total. The molecule has 0 bridgehead atoms. The van der Waals surface area contributed by atoms with Crippen molar-refractivity contribution < 1.29 is 9.47 Å². The fourth-order valence-corrected chi connectivity index (χ4v) is 1.53. The third-order valence-electron chi connectivity index (χ3n) is 2.37. The van der Waals surface area contributed by atoms with Gasteiger partial charge in [0.25, 0.3) is 0 Å². The van der Waals surface area contributed by atoms with Gasteiger partial charge in [0.2, 0.25) is 5.88 Å². The topological polar surface area (TPSA) is 56.3 Å². The molecule has 0 saturated carbocycles. The Kier molecular flexibility index (Phi) is 4.09. The summed E-state index contributed by atoms with van der Waals surface area (Å²) < 4.78 is 10.9. The highest BCUT2D eigenvalue weighted by molar-refractivity contribution is 5.36. The number of hydrogen-bond acceptors (Lipinski definition) is 5. The molecule has 0 unspecified atom stereocenters. The van der Waals surface area contributed by atoms with E-state index in [1.807, 2.05) is 31.3 Å². The van der Waals surface area contributed by atoms with Crippen molar-refractivity contribution in [3.63, 3.8) is 0 Å². The Bertz CT molecular complexity index is 517. The molecule has 1 heterocycles. The number of aromatic nitrogens is 2. The van der Waals surface area contributed by atoms with Crippen LogP contribution in [-0.4, -0.2) is 24.1 Å². The standard InChI is InChI=1S/C13H15N3O2/c1-14-7-10-8-15-9-16-13(10)18-12-5-3-4-11(6-12)17-2/h3-6,8-9,14H,7H2,1-2H3. The predicted octanol–water partition coefficient (Wildman–Crippen LogP) is 2.00. The SMILES string of the molecule is CNCc1cncnc1Oc1cccc(OC)c1. The largest absolute Gasteiger partial charge is 0.497 e. The second kappa shape index (κ2) is 5.97. The van der Waals surface area contributed by atoms with E-state index in [2.05, 4.69) is 15.3 Å². The van der Waals surface area contributed by atoms with Gasteiger partial charge in [-0.1, -0.05) is 6.07 Å². The maximum Gasteiger partial charge on any atom is 0.226 e. The summed E-state index contributed by atoms with van der Waals surface area (Å²) in [6, 6.07) is 7.40. The van der Waals surface area contributed by atoms with Crippen LogP contribution in [0.3, 0.4) is 0 Å². The first-order valence-corrected chi connectivity index (χ1v) is 5.59. The van der Waals surface area contributed by atoms with Gasteiger partial charge in [0.05, 0.1) is 7.11 Å². The van der Waals surface area contributed by atoms with Crippen LogP contribution in [0.4, 0.5) is 0 Å². The Balaban J connectivity index is 2.22. The van der Waals surface area contributed by atoms with E-state index in [1.165, 1.54) is 6.33 Å². The number of benzene rings is 1. The Morgan fingerprint density at radius 3 is 2.89 bits per heavy atom. The van der Waals surface area contributed by atoms with Crippen molar-refractivity contribution in [3.05, 3.63) is 42.4 Å². The zero-order valence-corrected chi connectivity index (χ0v) is 10.4. The van der Waals surface area contributed by atoms with Crippen LogP contribution >= 0.6 is 0 Å². The molecular weight excluding hydrogens is 230 g/mol. The van der Waals surface area contributed by atoms with Gasteiger partial charge >= 0.3 is 0 Å². The summed E-state index contributed by atoms with van der Waals surface area (Å²) in [6.45, 7) is 0.653. The number of nitrogens with zero attached hydrogens (tertiary/aromatic N) is 2. The maximum atomic E-state index is 5.73. The van der Waals surface area contributed by atoms with Crippen molar-refractivity contribution in [2.45, 2.75) is 6.54 Å². The zero-order valence-electron chi connectivity index (χ0n) is 10.4. The summed E-state index contributed by atoms with van der Waals surface area (Å²) in [5, 5.41) is 3.05. The molecule has 0 aliphatic carbocycles. The molecule has 0 radical (unpaired) electrons. The van der Waals surface area contributed by atoms with Crippen molar-refractivity contribution >= 4 is 0 Å². The number of hydrogen-bond donors (Lipinski definition) is 1. The lowest BCUT2D eigenvalue weighted by atomic mass is 10.3. The molecule has 94 valence electrons. The quantitative estimate of drug-likeness (QED) is 0.873.